The SMILES string of the molecule is CCc1ccc(/C(O)=C2/C(=O)C(=O)N(C3CCCCC3)C2c2cccc(OC)c2)cc1. The topological polar surface area (TPSA) is 66.8 Å². The lowest BCUT2D eigenvalue weighted by atomic mass is 9.91. The number of aliphatic hydroxyl groups is 1. The lowest BCUT2D eigenvalue weighted by Crippen LogP contribution is -2.40. The Labute approximate surface area is 183 Å². The van der Waals surface area contributed by atoms with Gasteiger partial charge in [-0.3, -0.25) is 9.59 Å². The van der Waals surface area contributed by atoms with Gasteiger partial charge in [0.1, 0.15) is 11.5 Å². The Morgan fingerprint density at radius 1 is 1.06 bits per heavy atom. The molecule has 1 N–H and O–H groups in total. The standard InChI is InChI=1S/C26H29NO4/c1-3-17-12-14-18(15-13-17)24(28)22-23(19-8-7-11-21(16-19)31-2)27(26(30)25(22)29)20-9-5-4-6-10-20/h7-8,11-16,20,23,28H,3-6,9-10H2,1-2H3/b24-22-. The van der Waals surface area contributed by atoms with Crippen molar-refractivity contribution in [1.82, 2.24) is 4.90 Å². The van der Waals surface area contributed by atoms with Gasteiger partial charge in [0.05, 0.1) is 18.7 Å². The molecule has 5 heteroatoms. The van der Waals surface area contributed by atoms with Gasteiger partial charge in [-0.15, -0.1) is 0 Å². The van der Waals surface area contributed by atoms with E-state index in [0.29, 0.717) is 11.3 Å². The fourth-order valence-electron chi connectivity index (χ4n) is 4.78. The summed E-state index contributed by atoms with van der Waals surface area (Å²) in [5.41, 5.74) is 2.62. The zero-order valence-corrected chi connectivity index (χ0v) is 18.1. The summed E-state index contributed by atoms with van der Waals surface area (Å²) in [4.78, 5) is 28.1. The molecule has 2 aromatic rings. The smallest absolute Gasteiger partial charge is 0.295 e. The predicted molar refractivity (Wildman–Crippen MR) is 120 cm³/mol. The van der Waals surface area contributed by atoms with Gasteiger partial charge in [0.25, 0.3) is 11.7 Å². The molecule has 2 fully saturated rings. The van der Waals surface area contributed by atoms with E-state index in [4.69, 9.17) is 4.74 Å². The van der Waals surface area contributed by atoms with Crippen LogP contribution in [0.4, 0.5) is 0 Å². The molecule has 1 atom stereocenters. The molecule has 1 amide bonds. The van der Waals surface area contributed by atoms with Gasteiger partial charge in [-0.05, 0) is 42.5 Å². The van der Waals surface area contributed by atoms with Gasteiger partial charge < -0.3 is 14.7 Å². The highest BCUT2D eigenvalue weighted by atomic mass is 16.5. The Hall–Kier alpha value is -3.08. The van der Waals surface area contributed by atoms with Crippen molar-refractivity contribution in [1.29, 1.82) is 0 Å². The van der Waals surface area contributed by atoms with Crippen molar-refractivity contribution in [3.8, 4) is 5.75 Å². The van der Waals surface area contributed by atoms with Gasteiger partial charge >= 0.3 is 0 Å². The summed E-state index contributed by atoms with van der Waals surface area (Å²) in [7, 11) is 1.59. The number of nitrogens with zero attached hydrogens (tertiary/aromatic N) is 1. The number of benzene rings is 2. The van der Waals surface area contributed by atoms with Crippen LogP contribution in [0.1, 0.15) is 61.8 Å². The number of hydrogen-bond acceptors (Lipinski definition) is 4. The zero-order chi connectivity index (χ0) is 22.0. The number of rotatable bonds is 5. The molecular formula is C26H29NO4. The molecule has 0 bridgehead atoms. The third-order valence-electron chi connectivity index (χ3n) is 6.49. The highest BCUT2D eigenvalue weighted by Gasteiger charge is 2.48. The minimum absolute atomic E-state index is 0.00540. The molecule has 31 heavy (non-hydrogen) atoms. The van der Waals surface area contributed by atoms with Crippen LogP contribution in [0.3, 0.4) is 0 Å². The van der Waals surface area contributed by atoms with Crippen molar-refractivity contribution >= 4 is 17.4 Å². The molecule has 1 heterocycles. The van der Waals surface area contributed by atoms with Crippen LogP contribution >= 0.6 is 0 Å². The van der Waals surface area contributed by atoms with Crippen molar-refractivity contribution in [2.24, 2.45) is 0 Å². The number of Topliss-reactive ketones (excluding diaryl/α,β-unsaturated/α-hetero) is 1. The van der Waals surface area contributed by atoms with Crippen LogP contribution < -0.4 is 4.74 Å². The van der Waals surface area contributed by atoms with Crippen LogP contribution in [-0.2, 0) is 16.0 Å². The maximum Gasteiger partial charge on any atom is 0.295 e. The van der Waals surface area contributed by atoms with Gasteiger partial charge in [0, 0.05) is 11.6 Å². The lowest BCUT2D eigenvalue weighted by molar-refractivity contribution is -0.141. The van der Waals surface area contributed by atoms with E-state index in [2.05, 4.69) is 6.92 Å². The number of aliphatic hydroxyl groups excluding tert-OH is 1. The van der Waals surface area contributed by atoms with Crippen molar-refractivity contribution in [3.05, 3.63) is 70.8 Å². The van der Waals surface area contributed by atoms with Gasteiger partial charge in [0.15, 0.2) is 0 Å². The van der Waals surface area contributed by atoms with Crippen LogP contribution in [0.2, 0.25) is 0 Å². The second kappa shape index (κ2) is 8.96. The highest BCUT2D eigenvalue weighted by Crippen LogP contribution is 2.43. The molecule has 4 rings (SSSR count). The third kappa shape index (κ3) is 3.97. The summed E-state index contributed by atoms with van der Waals surface area (Å²) in [6.07, 6.45) is 5.86. The quantitative estimate of drug-likeness (QED) is 0.420. The molecule has 1 unspecified atom stereocenters. The Morgan fingerprint density at radius 2 is 1.77 bits per heavy atom. The van der Waals surface area contributed by atoms with E-state index in [1.807, 2.05) is 48.5 Å². The molecule has 0 spiro atoms. The summed E-state index contributed by atoms with van der Waals surface area (Å²) in [5, 5.41) is 11.2. The summed E-state index contributed by atoms with van der Waals surface area (Å²) in [5.74, 6) is -0.604. The molecule has 2 aliphatic rings. The van der Waals surface area contributed by atoms with Crippen LogP contribution in [-0.4, -0.2) is 34.8 Å². The Bertz CT molecular complexity index is 1000. The first kappa shape index (κ1) is 21.2. The van der Waals surface area contributed by atoms with Gasteiger partial charge in [0.2, 0.25) is 0 Å². The second-order valence-corrected chi connectivity index (χ2v) is 8.33. The number of carbonyl (C=O) groups excluding carboxylic acids is 2. The second-order valence-electron chi connectivity index (χ2n) is 8.33. The van der Waals surface area contributed by atoms with E-state index in [9.17, 15) is 14.7 Å². The van der Waals surface area contributed by atoms with E-state index in [1.165, 1.54) is 0 Å². The van der Waals surface area contributed by atoms with Crippen LogP contribution in [0.5, 0.6) is 5.75 Å². The van der Waals surface area contributed by atoms with Crippen molar-refractivity contribution in [3.63, 3.8) is 0 Å². The molecule has 1 aliphatic carbocycles. The van der Waals surface area contributed by atoms with Gasteiger partial charge in [-0.1, -0.05) is 62.6 Å². The minimum atomic E-state index is -0.621. The maximum atomic E-state index is 13.2. The highest BCUT2D eigenvalue weighted by molar-refractivity contribution is 6.46. The monoisotopic (exact) mass is 419 g/mol. The molecule has 5 nitrogen and oxygen atoms in total. The first-order chi connectivity index (χ1) is 15.0. The number of methoxy groups -OCH3 is 1. The Balaban J connectivity index is 1.86. The number of likely N-dealkylation sites (tertiary alicyclic amines) is 1. The summed E-state index contributed by atoms with van der Waals surface area (Å²) in [6.45, 7) is 2.06. The average Bonchev–Trinajstić information content (AvgIpc) is 3.09. The molecular weight excluding hydrogens is 390 g/mol. The van der Waals surface area contributed by atoms with E-state index in [1.54, 1.807) is 12.0 Å². The first-order valence-corrected chi connectivity index (χ1v) is 11.1. The molecule has 1 saturated heterocycles. The number of ether oxygens (including phenoxy) is 1. The maximum absolute atomic E-state index is 13.2. The van der Waals surface area contributed by atoms with Crippen LogP contribution in [0.15, 0.2) is 54.1 Å². The number of carbonyl (C=O) groups is 2. The van der Waals surface area contributed by atoms with E-state index in [0.717, 1.165) is 49.7 Å². The van der Waals surface area contributed by atoms with E-state index < -0.39 is 17.7 Å². The normalized spacial score (nSPS) is 21.5. The molecule has 2 aromatic carbocycles. The summed E-state index contributed by atoms with van der Waals surface area (Å²) in [6, 6.07) is 14.3. The zero-order valence-electron chi connectivity index (χ0n) is 18.1. The number of amides is 1. The average molecular weight is 420 g/mol. The number of hydrogen-bond donors (Lipinski definition) is 1. The fourth-order valence-corrected chi connectivity index (χ4v) is 4.78. The molecule has 162 valence electrons. The molecule has 0 aromatic heterocycles. The van der Waals surface area contributed by atoms with Crippen molar-refractivity contribution < 1.29 is 19.4 Å². The Kier molecular flexibility index (Phi) is 6.12. The lowest BCUT2D eigenvalue weighted by Gasteiger charge is -2.35. The predicted octanol–water partition coefficient (Wildman–Crippen LogP) is 5.01. The minimum Gasteiger partial charge on any atom is -0.507 e. The van der Waals surface area contributed by atoms with Gasteiger partial charge in [-0.2, -0.15) is 0 Å². The number of ketones is 1. The largest absolute Gasteiger partial charge is 0.507 e. The van der Waals surface area contributed by atoms with Crippen LogP contribution in [0, 0.1) is 0 Å². The van der Waals surface area contributed by atoms with Crippen molar-refractivity contribution in [2.75, 3.05) is 7.11 Å². The third-order valence-corrected chi connectivity index (χ3v) is 6.49. The summed E-state index contributed by atoms with van der Waals surface area (Å²) >= 11 is 0. The first-order valence-electron chi connectivity index (χ1n) is 11.1. The molecule has 1 aliphatic heterocycles. The number of aryl methyl sites for hydroxylation is 1. The van der Waals surface area contributed by atoms with E-state index in [-0.39, 0.29) is 17.4 Å². The van der Waals surface area contributed by atoms with Crippen molar-refractivity contribution in [2.45, 2.75) is 57.5 Å². The summed E-state index contributed by atoms with van der Waals surface area (Å²) < 4.78 is 5.39. The Morgan fingerprint density at radius 3 is 2.42 bits per heavy atom. The van der Waals surface area contributed by atoms with E-state index >= 15 is 0 Å². The molecule has 0 radical (unpaired) electrons. The van der Waals surface area contributed by atoms with Crippen LogP contribution in [0.25, 0.3) is 5.76 Å². The fraction of sp³-hybridized carbons (Fsp3) is 0.385. The van der Waals surface area contributed by atoms with Gasteiger partial charge in [-0.25, -0.2) is 0 Å². The molecule has 1 saturated carbocycles.